The van der Waals surface area contributed by atoms with Crippen molar-refractivity contribution in [3.8, 4) is 0 Å². The average molecular weight is 123 g/mol. The third-order valence-electron chi connectivity index (χ3n) is 1.03. The molecule has 0 unspecified atom stereocenters. The van der Waals surface area contributed by atoms with Gasteiger partial charge in [0.1, 0.15) is 0 Å². The van der Waals surface area contributed by atoms with Gasteiger partial charge in [-0.25, -0.2) is 0 Å². The molecule has 0 aliphatic heterocycles. The van der Waals surface area contributed by atoms with Gasteiger partial charge in [0.15, 0.2) is 0 Å². The predicted octanol–water partition coefficient (Wildman–Crippen LogP) is 2.56. The molecule has 0 spiro atoms. The van der Waals surface area contributed by atoms with E-state index < -0.39 is 0 Å². The van der Waals surface area contributed by atoms with Gasteiger partial charge in [-0.05, 0) is 19.4 Å². The molecule has 0 N–H and O–H groups in total. The van der Waals surface area contributed by atoms with Crippen LogP contribution in [0.5, 0.6) is 0 Å². The van der Waals surface area contributed by atoms with E-state index in [1.165, 1.54) is 0 Å². The topological polar surface area (TPSA) is 12.4 Å². The highest BCUT2D eigenvalue weighted by atomic mass is 14.7. The number of allylic oxidation sites excluding steroid dienone is 2. The van der Waals surface area contributed by atoms with Crippen LogP contribution in [0.2, 0.25) is 0 Å². The fourth-order valence-corrected chi connectivity index (χ4v) is 0.322. The van der Waals surface area contributed by atoms with Crippen LogP contribution in [0.25, 0.3) is 0 Å². The van der Waals surface area contributed by atoms with Crippen molar-refractivity contribution >= 4 is 5.71 Å². The maximum absolute atomic E-state index is 4.10. The zero-order valence-corrected chi connectivity index (χ0v) is 6.09. The zero-order chi connectivity index (χ0) is 7.11. The van der Waals surface area contributed by atoms with Gasteiger partial charge in [-0.3, -0.25) is 4.99 Å². The number of rotatable bonds is 3. The maximum Gasteiger partial charge on any atom is 0.0266 e. The summed E-state index contributed by atoms with van der Waals surface area (Å²) in [5.41, 5.74) is 1.15. The van der Waals surface area contributed by atoms with Crippen LogP contribution in [-0.2, 0) is 0 Å². The van der Waals surface area contributed by atoms with E-state index in [0.29, 0.717) is 0 Å². The fraction of sp³-hybridized carbons (Fsp3) is 0.375. The van der Waals surface area contributed by atoms with Gasteiger partial charge in [0.2, 0.25) is 0 Å². The molecule has 0 atom stereocenters. The van der Waals surface area contributed by atoms with E-state index in [1.54, 1.807) is 12.3 Å². The lowest BCUT2D eigenvalue weighted by atomic mass is 10.3. The first-order chi connectivity index (χ1) is 4.31. The molecule has 0 aliphatic rings. The van der Waals surface area contributed by atoms with Gasteiger partial charge in [0.25, 0.3) is 0 Å². The molecule has 0 amide bonds. The smallest absolute Gasteiger partial charge is 0.0266 e. The summed E-state index contributed by atoms with van der Waals surface area (Å²) in [6, 6.07) is 0. The van der Waals surface area contributed by atoms with Crippen LogP contribution in [-0.4, -0.2) is 5.71 Å². The molecule has 0 radical (unpaired) electrons. The second-order valence-corrected chi connectivity index (χ2v) is 1.80. The molecule has 1 nitrogen and oxygen atoms in total. The van der Waals surface area contributed by atoms with Crippen molar-refractivity contribution in [1.82, 2.24) is 0 Å². The first-order valence-corrected chi connectivity index (χ1v) is 3.12. The Hall–Kier alpha value is -0.850. The molecule has 1 heteroatoms. The van der Waals surface area contributed by atoms with Gasteiger partial charge in [-0.15, -0.1) is 0 Å². The minimum Gasteiger partial charge on any atom is -0.266 e. The van der Waals surface area contributed by atoms with E-state index in [-0.39, 0.29) is 0 Å². The van der Waals surface area contributed by atoms with Gasteiger partial charge in [0, 0.05) is 11.9 Å². The molecule has 0 heterocycles. The highest BCUT2D eigenvalue weighted by Crippen LogP contribution is 1.85. The van der Waals surface area contributed by atoms with Crippen LogP contribution >= 0.6 is 0 Å². The van der Waals surface area contributed by atoms with Gasteiger partial charge >= 0.3 is 0 Å². The minimum absolute atomic E-state index is 1.02. The maximum atomic E-state index is 4.10. The second kappa shape index (κ2) is 5.29. The van der Waals surface area contributed by atoms with Crippen LogP contribution in [0, 0.1) is 0 Å². The van der Waals surface area contributed by atoms with Crippen molar-refractivity contribution in [2.45, 2.75) is 20.3 Å². The Labute approximate surface area is 56.8 Å². The highest BCUT2D eigenvalue weighted by molar-refractivity contribution is 5.82. The zero-order valence-electron chi connectivity index (χ0n) is 6.09. The van der Waals surface area contributed by atoms with E-state index in [4.69, 9.17) is 0 Å². The van der Waals surface area contributed by atoms with Crippen molar-refractivity contribution in [3.05, 3.63) is 24.9 Å². The van der Waals surface area contributed by atoms with Crippen LogP contribution in [0.3, 0.4) is 0 Å². The molecule has 0 rings (SSSR count). The predicted molar refractivity (Wildman–Crippen MR) is 42.7 cm³/mol. The Kier molecular flexibility index (Phi) is 4.79. The SMILES string of the molecule is C=C/C=C\N=C(C)CC. The molecule has 9 heavy (non-hydrogen) atoms. The third kappa shape index (κ3) is 5.01. The molecule has 0 bridgehead atoms. The van der Waals surface area contributed by atoms with E-state index in [9.17, 15) is 0 Å². The first kappa shape index (κ1) is 8.15. The average Bonchev–Trinajstić information content (AvgIpc) is 1.89. The number of nitrogens with zero attached hydrogens (tertiary/aromatic N) is 1. The molecule has 0 aromatic heterocycles. The Bertz CT molecular complexity index is 132. The Morgan fingerprint density at radius 2 is 2.33 bits per heavy atom. The number of hydrogen-bond acceptors (Lipinski definition) is 1. The van der Waals surface area contributed by atoms with Gasteiger partial charge in [-0.2, -0.15) is 0 Å². The number of hydrogen-bond donors (Lipinski definition) is 0. The molecule has 0 saturated heterocycles. The molecule has 0 aromatic carbocycles. The summed E-state index contributed by atoms with van der Waals surface area (Å²) < 4.78 is 0. The summed E-state index contributed by atoms with van der Waals surface area (Å²) in [6.07, 6.45) is 6.30. The van der Waals surface area contributed by atoms with Crippen LogP contribution in [0.4, 0.5) is 0 Å². The molecule has 0 saturated carbocycles. The lowest BCUT2D eigenvalue weighted by molar-refractivity contribution is 1.25. The second-order valence-electron chi connectivity index (χ2n) is 1.80. The molecule has 50 valence electrons. The molecule has 0 fully saturated rings. The van der Waals surface area contributed by atoms with E-state index in [0.717, 1.165) is 12.1 Å². The van der Waals surface area contributed by atoms with Crippen molar-refractivity contribution in [2.75, 3.05) is 0 Å². The van der Waals surface area contributed by atoms with Crippen molar-refractivity contribution in [1.29, 1.82) is 0 Å². The van der Waals surface area contributed by atoms with Gasteiger partial charge in [0.05, 0.1) is 0 Å². The normalized spacial score (nSPS) is 12.4. The van der Waals surface area contributed by atoms with E-state index >= 15 is 0 Å². The lowest BCUT2D eigenvalue weighted by Gasteiger charge is -1.86. The summed E-state index contributed by atoms with van der Waals surface area (Å²) in [4.78, 5) is 4.10. The summed E-state index contributed by atoms with van der Waals surface area (Å²) in [7, 11) is 0. The van der Waals surface area contributed by atoms with Crippen molar-refractivity contribution in [3.63, 3.8) is 0 Å². The van der Waals surface area contributed by atoms with E-state index in [1.807, 2.05) is 13.0 Å². The molecule has 0 aromatic rings. The number of aliphatic imine (C=N–C) groups is 1. The monoisotopic (exact) mass is 123 g/mol. The lowest BCUT2D eigenvalue weighted by Crippen LogP contribution is -1.83. The van der Waals surface area contributed by atoms with Gasteiger partial charge in [-0.1, -0.05) is 19.6 Å². The fourth-order valence-electron chi connectivity index (χ4n) is 0.322. The third-order valence-corrected chi connectivity index (χ3v) is 1.03. The van der Waals surface area contributed by atoms with Crippen molar-refractivity contribution in [2.24, 2.45) is 4.99 Å². The Balaban J connectivity index is 3.67. The molecular weight excluding hydrogens is 110 g/mol. The minimum atomic E-state index is 1.02. The Morgan fingerprint density at radius 1 is 1.67 bits per heavy atom. The standard InChI is InChI=1S/C8H13N/c1-4-6-7-9-8(3)5-2/h4,6-7H,1,5H2,2-3H3/b7-6-,9-8?. The van der Waals surface area contributed by atoms with Crippen LogP contribution < -0.4 is 0 Å². The summed E-state index contributed by atoms with van der Waals surface area (Å²) >= 11 is 0. The summed E-state index contributed by atoms with van der Waals surface area (Å²) in [6.45, 7) is 7.62. The summed E-state index contributed by atoms with van der Waals surface area (Å²) in [5, 5.41) is 0. The largest absolute Gasteiger partial charge is 0.266 e. The quantitative estimate of drug-likeness (QED) is 0.404. The first-order valence-electron chi connectivity index (χ1n) is 3.12. The van der Waals surface area contributed by atoms with Crippen LogP contribution in [0.1, 0.15) is 20.3 Å². The van der Waals surface area contributed by atoms with Crippen molar-refractivity contribution < 1.29 is 0 Å². The van der Waals surface area contributed by atoms with E-state index in [2.05, 4.69) is 18.5 Å². The highest BCUT2D eigenvalue weighted by Gasteiger charge is 1.77. The van der Waals surface area contributed by atoms with Gasteiger partial charge < -0.3 is 0 Å². The van der Waals surface area contributed by atoms with Crippen LogP contribution in [0.15, 0.2) is 29.9 Å². The Morgan fingerprint density at radius 3 is 2.78 bits per heavy atom. The molecular formula is C8H13N. The molecule has 0 aliphatic carbocycles. The summed E-state index contributed by atoms with van der Waals surface area (Å²) in [5.74, 6) is 0.